The summed E-state index contributed by atoms with van der Waals surface area (Å²) in [6, 6.07) is -1.14. The molecular weight excluding hydrogens is 222 g/mol. The Hall–Kier alpha value is -1.34. The lowest BCUT2D eigenvalue weighted by Gasteiger charge is -2.17. The molecule has 0 aliphatic rings. The standard InChI is InChI=1S/C7H9F4NO3/c1-3(2-4(13)14)12-6(15)7(10,11)5(8)9/h3,5H,2H2,1H3,(H,12,15)(H,13,14). The van der Waals surface area contributed by atoms with E-state index in [2.05, 4.69) is 0 Å². The van der Waals surface area contributed by atoms with E-state index in [0.717, 1.165) is 6.92 Å². The summed E-state index contributed by atoms with van der Waals surface area (Å²) in [5.74, 6) is -8.30. The first-order chi connectivity index (χ1) is 6.67. The third-order valence-electron chi connectivity index (χ3n) is 1.44. The Balaban J connectivity index is 4.30. The van der Waals surface area contributed by atoms with Gasteiger partial charge in [0, 0.05) is 6.04 Å². The molecule has 0 aliphatic carbocycles. The average molecular weight is 231 g/mol. The van der Waals surface area contributed by atoms with E-state index in [1.54, 1.807) is 0 Å². The molecule has 0 radical (unpaired) electrons. The second-order valence-electron chi connectivity index (χ2n) is 2.90. The molecule has 0 rings (SSSR count). The van der Waals surface area contributed by atoms with Crippen molar-refractivity contribution in [3.8, 4) is 0 Å². The Kier molecular flexibility index (Phi) is 4.50. The van der Waals surface area contributed by atoms with Crippen molar-refractivity contribution in [1.82, 2.24) is 5.32 Å². The highest BCUT2D eigenvalue weighted by atomic mass is 19.3. The average Bonchev–Trinajstić information content (AvgIpc) is 2.01. The zero-order valence-electron chi connectivity index (χ0n) is 7.64. The van der Waals surface area contributed by atoms with Gasteiger partial charge in [-0.2, -0.15) is 8.78 Å². The van der Waals surface area contributed by atoms with Crippen molar-refractivity contribution in [1.29, 1.82) is 0 Å². The van der Waals surface area contributed by atoms with Gasteiger partial charge in [0.1, 0.15) is 0 Å². The van der Waals surface area contributed by atoms with Crippen molar-refractivity contribution in [2.45, 2.75) is 31.7 Å². The Morgan fingerprint density at radius 3 is 2.20 bits per heavy atom. The highest BCUT2D eigenvalue weighted by molar-refractivity contribution is 5.84. The largest absolute Gasteiger partial charge is 0.481 e. The molecule has 0 aliphatic heterocycles. The van der Waals surface area contributed by atoms with Crippen molar-refractivity contribution in [3.63, 3.8) is 0 Å². The van der Waals surface area contributed by atoms with Gasteiger partial charge in [0.2, 0.25) is 0 Å². The number of nitrogens with one attached hydrogen (secondary N) is 1. The maximum absolute atomic E-state index is 12.3. The van der Waals surface area contributed by atoms with Gasteiger partial charge in [-0.3, -0.25) is 9.59 Å². The molecule has 0 heterocycles. The van der Waals surface area contributed by atoms with Gasteiger partial charge >= 0.3 is 18.3 Å². The van der Waals surface area contributed by atoms with Crippen molar-refractivity contribution in [2.24, 2.45) is 0 Å². The molecule has 0 saturated heterocycles. The lowest BCUT2D eigenvalue weighted by Crippen LogP contribution is -2.48. The van der Waals surface area contributed by atoms with Gasteiger partial charge in [-0.15, -0.1) is 0 Å². The normalized spacial score (nSPS) is 13.7. The lowest BCUT2D eigenvalue weighted by molar-refractivity contribution is -0.170. The van der Waals surface area contributed by atoms with Crippen LogP contribution in [0, 0.1) is 0 Å². The quantitative estimate of drug-likeness (QED) is 0.690. The summed E-state index contributed by atoms with van der Waals surface area (Å²) in [5.41, 5.74) is 0. The summed E-state index contributed by atoms with van der Waals surface area (Å²) in [6.45, 7) is 1.12. The van der Waals surface area contributed by atoms with Crippen LogP contribution in [0.5, 0.6) is 0 Å². The minimum atomic E-state index is -4.80. The fourth-order valence-corrected chi connectivity index (χ4v) is 0.732. The Morgan fingerprint density at radius 1 is 1.40 bits per heavy atom. The smallest absolute Gasteiger partial charge is 0.383 e. The van der Waals surface area contributed by atoms with Gasteiger partial charge in [-0.05, 0) is 6.92 Å². The first-order valence-corrected chi connectivity index (χ1v) is 3.86. The number of carbonyl (C=O) groups excluding carboxylic acids is 1. The minimum absolute atomic E-state index is 0.620. The fourth-order valence-electron chi connectivity index (χ4n) is 0.732. The van der Waals surface area contributed by atoms with Crippen molar-refractivity contribution in [2.75, 3.05) is 0 Å². The predicted octanol–water partition coefficient (Wildman–Crippen LogP) is 0.866. The topological polar surface area (TPSA) is 66.4 Å². The third kappa shape index (κ3) is 4.13. The third-order valence-corrected chi connectivity index (χ3v) is 1.44. The van der Waals surface area contributed by atoms with Crippen LogP contribution in [0.3, 0.4) is 0 Å². The molecule has 0 spiro atoms. The molecule has 0 aromatic rings. The molecule has 8 heteroatoms. The van der Waals surface area contributed by atoms with Gasteiger partial charge in [-0.1, -0.05) is 0 Å². The van der Waals surface area contributed by atoms with E-state index in [1.165, 1.54) is 5.32 Å². The first kappa shape index (κ1) is 13.7. The molecule has 0 fully saturated rings. The van der Waals surface area contributed by atoms with Crippen LogP contribution in [-0.2, 0) is 9.59 Å². The summed E-state index contributed by atoms with van der Waals surface area (Å²) in [5, 5.41) is 9.70. The number of carboxylic acids is 1. The zero-order valence-corrected chi connectivity index (χ0v) is 7.64. The second-order valence-corrected chi connectivity index (χ2v) is 2.90. The van der Waals surface area contributed by atoms with Crippen LogP contribution >= 0.6 is 0 Å². The van der Waals surface area contributed by atoms with E-state index < -0.39 is 36.7 Å². The first-order valence-electron chi connectivity index (χ1n) is 3.86. The Labute approximate surface area is 82.3 Å². The number of aliphatic carboxylic acids is 1. The van der Waals surface area contributed by atoms with Gasteiger partial charge in [0.05, 0.1) is 6.42 Å². The molecule has 15 heavy (non-hydrogen) atoms. The molecule has 0 saturated carbocycles. The summed E-state index contributed by atoms with van der Waals surface area (Å²) >= 11 is 0. The van der Waals surface area contributed by atoms with E-state index in [0.29, 0.717) is 0 Å². The SMILES string of the molecule is CC(CC(=O)O)NC(=O)C(F)(F)C(F)F. The molecule has 0 aromatic heterocycles. The van der Waals surface area contributed by atoms with Crippen LogP contribution in [0.15, 0.2) is 0 Å². The molecule has 1 atom stereocenters. The summed E-state index contributed by atoms with van der Waals surface area (Å²) in [6.07, 6.45) is -4.74. The van der Waals surface area contributed by atoms with E-state index >= 15 is 0 Å². The Morgan fingerprint density at radius 2 is 1.87 bits per heavy atom. The number of amides is 1. The number of alkyl halides is 4. The number of carbonyl (C=O) groups is 2. The van der Waals surface area contributed by atoms with Gasteiger partial charge in [-0.25, -0.2) is 8.78 Å². The van der Waals surface area contributed by atoms with E-state index in [4.69, 9.17) is 5.11 Å². The number of hydrogen-bond donors (Lipinski definition) is 2. The lowest BCUT2D eigenvalue weighted by atomic mass is 10.2. The zero-order chi connectivity index (χ0) is 12.2. The van der Waals surface area contributed by atoms with Crippen LogP contribution in [0.2, 0.25) is 0 Å². The molecule has 0 aromatic carbocycles. The molecular formula is C7H9F4NO3. The van der Waals surface area contributed by atoms with Crippen molar-refractivity contribution < 1.29 is 32.3 Å². The fraction of sp³-hybridized carbons (Fsp3) is 0.714. The maximum atomic E-state index is 12.3. The number of hydrogen-bond acceptors (Lipinski definition) is 2. The van der Waals surface area contributed by atoms with Crippen LogP contribution < -0.4 is 5.32 Å². The Bertz CT molecular complexity index is 257. The molecule has 0 bridgehead atoms. The van der Waals surface area contributed by atoms with Crippen LogP contribution in [-0.4, -0.2) is 35.4 Å². The van der Waals surface area contributed by atoms with Gasteiger partial charge in [0.15, 0.2) is 0 Å². The van der Waals surface area contributed by atoms with Crippen LogP contribution in [0.1, 0.15) is 13.3 Å². The highest BCUT2D eigenvalue weighted by Crippen LogP contribution is 2.22. The predicted molar refractivity (Wildman–Crippen MR) is 40.8 cm³/mol. The van der Waals surface area contributed by atoms with E-state index in [-0.39, 0.29) is 0 Å². The number of halogens is 4. The van der Waals surface area contributed by atoms with Crippen LogP contribution in [0.25, 0.3) is 0 Å². The van der Waals surface area contributed by atoms with Crippen LogP contribution in [0.4, 0.5) is 17.6 Å². The van der Waals surface area contributed by atoms with E-state index in [9.17, 15) is 27.2 Å². The minimum Gasteiger partial charge on any atom is -0.481 e. The molecule has 1 unspecified atom stereocenters. The van der Waals surface area contributed by atoms with Gasteiger partial charge in [0.25, 0.3) is 5.91 Å². The van der Waals surface area contributed by atoms with Crippen molar-refractivity contribution in [3.05, 3.63) is 0 Å². The molecule has 2 N–H and O–H groups in total. The van der Waals surface area contributed by atoms with Crippen molar-refractivity contribution >= 4 is 11.9 Å². The number of rotatable bonds is 5. The molecule has 1 amide bonds. The molecule has 4 nitrogen and oxygen atoms in total. The maximum Gasteiger partial charge on any atom is 0.383 e. The summed E-state index contributed by atoms with van der Waals surface area (Å²) in [7, 11) is 0. The number of carboxylic acid groups (broad SMARTS) is 1. The second kappa shape index (κ2) is 4.94. The highest BCUT2D eigenvalue weighted by Gasteiger charge is 2.49. The molecule has 88 valence electrons. The van der Waals surface area contributed by atoms with Gasteiger partial charge < -0.3 is 10.4 Å². The monoisotopic (exact) mass is 231 g/mol. The van der Waals surface area contributed by atoms with E-state index in [1.807, 2.05) is 0 Å². The summed E-state index contributed by atoms with van der Waals surface area (Å²) in [4.78, 5) is 20.7. The summed E-state index contributed by atoms with van der Waals surface area (Å²) < 4.78 is 48.0.